The Balaban J connectivity index is 2.29. The maximum atomic E-state index is 12.2. The maximum absolute atomic E-state index is 12.2. The molecule has 2 rings (SSSR count). The first-order chi connectivity index (χ1) is 9.65. The first kappa shape index (κ1) is 13.7. The highest BCUT2D eigenvalue weighted by molar-refractivity contribution is 6.08. The molecule has 0 aliphatic carbocycles. The topological polar surface area (TPSA) is 73.6 Å². The number of hydrogen-bond donors (Lipinski definition) is 2. The van der Waals surface area contributed by atoms with Gasteiger partial charge in [-0.25, -0.2) is 0 Å². The summed E-state index contributed by atoms with van der Waals surface area (Å²) in [5.74, 6) is 0.880. The third-order valence-electron chi connectivity index (χ3n) is 2.86. The van der Waals surface area contributed by atoms with Crippen LogP contribution in [0.3, 0.4) is 0 Å². The largest absolute Gasteiger partial charge is 0.497 e. The van der Waals surface area contributed by atoms with E-state index in [1.807, 2.05) is 0 Å². The van der Waals surface area contributed by atoms with Crippen molar-refractivity contribution in [3.05, 3.63) is 48.0 Å². The molecule has 3 N–H and O–H groups in total. The Morgan fingerprint density at radius 1 is 1.10 bits per heavy atom. The second-order valence-electron chi connectivity index (χ2n) is 4.11. The highest BCUT2D eigenvalue weighted by atomic mass is 16.5. The highest BCUT2D eigenvalue weighted by Gasteiger charge is 2.12. The van der Waals surface area contributed by atoms with E-state index in [1.165, 1.54) is 7.11 Å². The van der Waals surface area contributed by atoms with Gasteiger partial charge in [0.05, 0.1) is 25.5 Å². The third-order valence-corrected chi connectivity index (χ3v) is 2.86. The van der Waals surface area contributed by atoms with Crippen molar-refractivity contribution in [1.29, 1.82) is 0 Å². The molecule has 2 aromatic rings. The van der Waals surface area contributed by atoms with Crippen LogP contribution in [0.15, 0.2) is 42.5 Å². The van der Waals surface area contributed by atoms with E-state index in [9.17, 15) is 4.79 Å². The first-order valence-corrected chi connectivity index (χ1v) is 6.03. The number of para-hydroxylation sites is 1. The molecule has 0 aliphatic heterocycles. The van der Waals surface area contributed by atoms with E-state index in [2.05, 4.69) is 5.32 Å². The van der Waals surface area contributed by atoms with Crippen molar-refractivity contribution in [2.45, 2.75) is 0 Å². The molecular formula is C15H16N2O3. The highest BCUT2D eigenvalue weighted by Crippen LogP contribution is 2.29. The number of benzene rings is 2. The zero-order chi connectivity index (χ0) is 14.5. The summed E-state index contributed by atoms with van der Waals surface area (Å²) in [6.07, 6.45) is 0. The smallest absolute Gasteiger partial charge is 0.257 e. The molecule has 0 saturated heterocycles. The van der Waals surface area contributed by atoms with E-state index in [0.717, 1.165) is 0 Å². The summed E-state index contributed by atoms with van der Waals surface area (Å²) in [6, 6.07) is 12.0. The molecule has 0 unspecified atom stereocenters. The molecule has 0 heterocycles. The lowest BCUT2D eigenvalue weighted by Gasteiger charge is -2.12. The molecule has 0 aliphatic rings. The average Bonchev–Trinajstić information content (AvgIpc) is 2.47. The lowest BCUT2D eigenvalue weighted by molar-refractivity contribution is 0.102. The molecule has 104 valence electrons. The summed E-state index contributed by atoms with van der Waals surface area (Å²) in [6.45, 7) is 0. The Bertz CT molecular complexity index is 626. The summed E-state index contributed by atoms with van der Waals surface area (Å²) in [5.41, 5.74) is 7.15. The molecule has 0 aromatic heterocycles. The van der Waals surface area contributed by atoms with Gasteiger partial charge in [-0.1, -0.05) is 12.1 Å². The SMILES string of the molecule is COc1ccc(OC)c(NC(=O)c2ccccc2N)c1. The van der Waals surface area contributed by atoms with Gasteiger partial charge in [0, 0.05) is 11.8 Å². The molecule has 5 nitrogen and oxygen atoms in total. The van der Waals surface area contributed by atoms with Crippen molar-refractivity contribution in [2.75, 3.05) is 25.3 Å². The van der Waals surface area contributed by atoms with Gasteiger partial charge in [0.15, 0.2) is 0 Å². The van der Waals surface area contributed by atoms with E-state index in [-0.39, 0.29) is 5.91 Å². The van der Waals surface area contributed by atoms with Crippen LogP contribution in [0.25, 0.3) is 0 Å². The Kier molecular flexibility index (Phi) is 4.10. The van der Waals surface area contributed by atoms with Gasteiger partial charge in [0.2, 0.25) is 0 Å². The number of nitrogens with one attached hydrogen (secondary N) is 1. The zero-order valence-corrected chi connectivity index (χ0v) is 11.3. The Hall–Kier alpha value is -2.69. The van der Waals surface area contributed by atoms with Gasteiger partial charge in [-0.05, 0) is 24.3 Å². The minimum absolute atomic E-state index is 0.297. The van der Waals surface area contributed by atoms with Gasteiger partial charge in [0.25, 0.3) is 5.91 Å². The molecule has 20 heavy (non-hydrogen) atoms. The predicted molar refractivity (Wildman–Crippen MR) is 78.4 cm³/mol. The third kappa shape index (κ3) is 2.83. The van der Waals surface area contributed by atoms with Gasteiger partial charge in [-0.3, -0.25) is 4.79 Å². The molecule has 1 amide bonds. The minimum atomic E-state index is -0.297. The van der Waals surface area contributed by atoms with E-state index in [0.29, 0.717) is 28.4 Å². The van der Waals surface area contributed by atoms with Gasteiger partial charge < -0.3 is 20.5 Å². The van der Waals surface area contributed by atoms with Crippen LogP contribution >= 0.6 is 0 Å². The summed E-state index contributed by atoms with van der Waals surface area (Å²) in [4.78, 5) is 12.2. The predicted octanol–water partition coefficient (Wildman–Crippen LogP) is 2.54. The van der Waals surface area contributed by atoms with Crippen molar-refractivity contribution < 1.29 is 14.3 Å². The van der Waals surface area contributed by atoms with Crippen LogP contribution in [0, 0.1) is 0 Å². The van der Waals surface area contributed by atoms with Crippen molar-refractivity contribution in [3.63, 3.8) is 0 Å². The number of amides is 1. The first-order valence-electron chi connectivity index (χ1n) is 6.03. The Morgan fingerprint density at radius 2 is 1.85 bits per heavy atom. The summed E-state index contributed by atoms with van der Waals surface area (Å²) >= 11 is 0. The van der Waals surface area contributed by atoms with Crippen LogP contribution in [-0.4, -0.2) is 20.1 Å². The van der Waals surface area contributed by atoms with E-state index in [4.69, 9.17) is 15.2 Å². The van der Waals surface area contributed by atoms with E-state index in [1.54, 1.807) is 49.6 Å². The van der Waals surface area contributed by atoms with Crippen molar-refractivity contribution in [3.8, 4) is 11.5 Å². The standard InChI is InChI=1S/C15H16N2O3/c1-19-10-7-8-14(20-2)13(9-10)17-15(18)11-5-3-4-6-12(11)16/h3-9H,16H2,1-2H3,(H,17,18). The number of rotatable bonds is 4. The number of nitrogen functional groups attached to an aromatic ring is 1. The molecule has 2 aromatic carbocycles. The second kappa shape index (κ2) is 5.97. The minimum Gasteiger partial charge on any atom is -0.497 e. The van der Waals surface area contributed by atoms with Crippen molar-refractivity contribution in [2.24, 2.45) is 0 Å². The molecule has 0 bridgehead atoms. The lowest BCUT2D eigenvalue weighted by Crippen LogP contribution is -2.14. The van der Waals surface area contributed by atoms with Gasteiger partial charge in [-0.2, -0.15) is 0 Å². The molecule has 0 fully saturated rings. The van der Waals surface area contributed by atoms with Crippen LogP contribution in [0.5, 0.6) is 11.5 Å². The number of ether oxygens (including phenoxy) is 2. The van der Waals surface area contributed by atoms with Crippen molar-refractivity contribution in [1.82, 2.24) is 0 Å². The van der Waals surface area contributed by atoms with Crippen LogP contribution in [-0.2, 0) is 0 Å². The Morgan fingerprint density at radius 3 is 2.50 bits per heavy atom. The fourth-order valence-corrected chi connectivity index (χ4v) is 1.81. The fraction of sp³-hybridized carbons (Fsp3) is 0.133. The molecule has 0 atom stereocenters. The summed E-state index contributed by atoms with van der Waals surface area (Å²) in [7, 11) is 3.09. The van der Waals surface area contributed by atoms with Gasteiger partial charge in [0.1, 0.15) is 11.5 Å². The summed E-state index contributed by atoms with van der Waals surface area (Å²) < 4.78 is 10.3. The molecule has 5 heteroatoms. The van der Waals surface area contributed by atoms with E-state index < -0.39 is 0 Å². The normalized spacial score (nSPS) is 9.90. The molecule has 0 saturated carbocycles. The second-order valence-corrected chi connectivity index (χ2v) is 4.11. The number of anilines is 2. The van der Waals surface area contributed by atoms with Crippen LogP contribution < -0.4 is 20.5 Å². The van der Waals surface area contributed by atoms with Crippen LogP contribution in [0.2, 0.25) is 0 Å². The van der Waals surface area contributed by atoms with Crippen LogP contribution in [0.4, 0.5) is 11.4 Å². The number of carbonyl (C=O) groups excluding carboxylic acids is 1. The molecular weight excluding hydrogens is 256 g/mol. The quantitative estimate of drug-likeness (QED) is 0.839. The maximum Gasteiger partial charge on any atom is 0.257 e. The zero-order valence-electron chi connectivity index (χ0n) is 11.3. The molecule has 0 spiro atoms. The lowest BCUT2D eigenvalue weighted by atomic mass is 10.1. The fourth-order valence-electron chi connectivity index (χ4n) is 1.81. The summed E-state index contributed by atoms with van der Waals surface area (Å²) in [5, 5.41) is 2.77. The van der Waals surface area contributed by atoms with E-state index >= 15 is 0 Å². The number of carbonyl (C=O) groups is 1. The number of methoxy groups -OCH3 is 2. The van der Waals surface area contributed by atoms with Crippen molar-refractivity contribution >= 4 is 17.3 Å². The average molecular weight is 272 g/mol. The monoisotopic (exact) mass is 272 g/mol. The molecule has 0 radical (unpaired) electrons. The van der Waals surface area contributed by atoms with Gasteiger partial charge in [-0.15, -0.1) is 0 Å². The van der Waals surface area contributed by atoms with Crippen LogP contribution in [0.1, 0.15) is 10.4 Å². The van der Waals surface area contributed by atoms with Gasteiger partial charge >= 0.3 is 0 Å². The number of nitrogens with two attached hydrogens (primary N) is 1. The Labute approximate surface area is 117 Å². The number of hydrogen-bond acceptors (Lipinski definition) is 4.